The number of anilines is 1. The monoisotopic (exact) mass is 385 g/mol. The number of aryl methyl sites for hydroxylation is 1. The maximum absolute atomic E-state index is 14.1. The highest BCUT2D eigenvalue weighted by Crippen LogP contribution is 2.31. The molecule has 3 heterocycles. The van der Waals surface area contributed by atoms with Gasteiger partial charge in [0.05, 0.1) is 17.8 Å². The van der Waals surface area contributed by atoms with Crippen molar-refractivity contribution in [3.8, 4) is 0 Å². The van der Waals surface area contributed by atoms with Gasteiger partial charge in [-0.2, -0.15) is 5.10 Å². The quantitative estimate of drug-likeness (QED) is 0.857. The number of amides is 2. The minimum absolute atomic E-state index is 0.0304. The summed E-state index contributed by atoms with van der Waals surface area (Å²) in [5, 5.41) is 7.49. The Balaban J connectivity index is 1.50. The number of carbonyl (C=O) groups is 2. The number of halogens is 1. The molecule has 2 fully saturated rings. The van der Waals surface area contributed by atoms with Crippen LogP contribution < -0.4 is 10.2 Å². The number of hydrogen-bond donors (Lipinski definition) is 1. The van der Waals surface area contributed by atoms with E-state index in [4.69, 9.17) is 0 Å². The summed E-state index contributed by atoms with van der Waals surface area (Å²) in [6.07, 6.45) is 4.21. The summed E-state index contributed by atoms with van der Waals surface area (Å²) in [7, 11) is 3.53. The van der Waals surface area contributed by atoms with Crippen molar-refractivity contribution >= 4 is 17.5 Å². The van der Waals surface area contributed by atoms with E-state index in [0.717, 1.165) is 5.56 Å². The van der Waals surface area contributed by atoms with Gasteiger partial charge in [0.1, 0.15) is 11.9 Å². The van der Waals surface area contributed by atoms with Crippen LogP contribution in [-0.2, 0) is 16.6 Å². The molecule has 28 heavy (non-hydrogen) atoms. The van der Waals surface area contributed by atoms with Crippen LogP contribution in [0.4, 0.5) is 10.1 Å². The van der Waals surface area contributed by atoms with Gasteiger partial charge in [0.25, 0.3) is 0 Å². The maximum Gasteiger partial charge on any atom is 0.249 e. The zero-order valence-corrected chi connectivity index (χ0v) is 16.0. The molecule has 1 unspecified atom stereocenters. The van der Waals surface area contributed by atoms with E-state index >= 15 is 0 Å². The summed E-state index contributed by atoms with van der Waals surface area (Å²) < 4.78 is 15.8. The Morgan fingerprint density at radius 3 is 2.82 bits per heavy atom. The number of nitrogens with one attached hydrogen (secondary N) is 1. The third kappa shape index (κ3) is 3.17. The van der Waals surface area contributed by atoms with E-state index in [-0.39, 0.29) is 29.3 Å². The molecule has 2 saturated heterocycles. The summed E-state index contributed by atoms with van der Waals surface area (Å²) in [6, 6.07) is 5.67. The van der Waals surface area contributed by atoms with Crippen LogP contribution in [0.5, 0.6) is 0 Å². The predicted molar refractivity (Wildman–Crippen MR) is 102 cm³/mol. The molecule has 148 valence electrons. The second kappa shape index (κ2) is 7.35. The lowest BCUT2D eigenvalue weighted by atomic mass is 9.89. The zero-order valence-electron chi connectivity index (χ0n) is 16.0. The molecule has 2 amide bonds. The second-order valence-corrected chi connectivity index (χ2v) is 7.51. The summed E-state index contributed by atoms with van der Waals surface area (Å²) >= 11 is 0. The lowest BCUT2D eigenvalue weighted by Crippen LogP contribution is -2.46. The zero-order chi connectivity index (χ0) is 19.8. The predicted octanol–water partition coefficient (Wildman–Crippen LogP) is 1.13. The van der Waals surface area contributed by atoms with E-state index in [1.807, 2.05) is 13.2 Å². The molecular weight excluding hydrogens is 361 g/mol. The minimum Gasteiger partial charge on any atom is -0.333 e. The normalized spacial score (nSPS) is 24.8. The number of nitrogens with zero attached hydrogens (tertiary/aromatic N) is 4. The molecule has 0 saturated carbocycles. The lowest BCUT2D eigenvalue weighted by molar-refractivity contribution is -0.140. The number of likely N-dealkylation sites (N-methyl/N-ethyl adjacent to an activating group) is 1. The number of benzene rings is 1. The summed E-state index contributed by atoms with van der Waals surface area (Å²) in [4.78, 5) is 29.1. The van der Waals surface area contributed by atoms with Gasteiger partial charge in [0, 0.05) is 45.8 Å². The lowest BCUT2D eigenvalue weighted by Gasteiger charge is -2.28. The highest BCUT2D eigenvalue weighted by molar-refractivity contribution is 6.01. The first kappa shape index (κ1) is 18.6. The summed E-state index contributed by atoms with van der Waals surface area (Å²) in [5.74, 6) is -0.938. The number of carbonyl (C=O) groups excluding carboxylic acids is 2. The molecule has 1 N–H and O–H groups in total. The van der Waals surface area contributed by atoms with Crippen molar-refractivity contribution in [3.05, 3.63) is 48.0 Å². The van der Waals surface area contributed by atoms with Crippen LogP contribution in [0.1, 0.15) is 17.9 Å². The number of para-hydroxylation sites is 1. The molecule has 0 spiro atoms. The Morgan fingerprint density at radius 1 is 1.32 bits per heavy atom. The average molecular weight is 385 g/mol. The van der Waals surface area contributed by atoms with Gasteiger partial charge < -0.3 is 15.1 Å². The van der Waals surface area contributed by atoms with Crippen LogP contribution in [0.25, 0.3) is 0 Å². The average Bonchev–Trinajstić information content (AvgIpc) is 3.41. The molecular formula is C20H24FN5O2. The molecule has 2 aliphatic rings. The van der Waals surface area contributed by atoms with Crippen molar-refractivity contribution in [2.75, 3.05) is 31.6 Å². The van der Waals surface area contributed by atoms with Gasteiger partial charge in [-0.25, -0.2) is 4.39 Å². The Bertz CT molecular complexity index is 898. The van der Waals surface area contributed by atoms with Crippen molar-refractivity contribution < 1.29 is 14.0 Å². The van der Waals surface area contributed by atoms with E-state index < -0.39 is 11.9 Å². The first-order valence-corrected chi connectivity index (χ1v) is 9.49. The topological polar surface area (TPSA) is 70.5 Å². The number of hydrogen-bond acceptors (Lipinski definition) is 4. The van der Waals surface area contributed by atoms with Crippen molar-refractivity contribution in [2.24, 2.45) is 13.0 Å². The van der Waals surface area contributed by atoms with Gasteiger partial charge in [-0.1, -0.05) is 12.1 Å². The molecule has 0 radical (unpaired) electrons. The molecule has 3 atom stereocenters. The van der Waals surface area contributed by atoms with Gasteiger partial charge in [0.2, 0.25) is 11.8 Å². The molecule has 1 aromatic heterocycles. The van der Waals surface area contributed by atoms with Crippen LogP contribution in [0.2, 0.25) is 0 Å². The smallest absolute Gasteiger partial charge is 0.249 e. The SMILES string of the molecule is CN(C(=O)[C@H]1CNC[C@@H]1c1cnn(C)c1)C1CCN(c2ccccc2F)C1=O. The molecule has 7 nitrogen and oxygen atoms in total. The Kier molecular flexibility index (Phi) is 4.89. The molecule has 2 aliphatic heterocycles. The van der Waals surface area contributed by atoms with Gasteiger partial charge in [-0.15, -0.1) is 0 Å². The van der Waals surface area contributed by atoms with Gasteiger partial charge >= 0.3 is 0 Å². The standard InChI is InChI=1S/C20H24FN5O2/c1-24-12-13(9-23-24)14-10-22-11-15(14)19(27)25(2)18-7-8-26(20(18)28)17-6-4-3-5-16(17)21/h3-6,9,12,14-15,18,22H,7-8,10-11H2,1-2H3/t14-,15+,18?/m1/s1. The van der Waals surface area contributed by atoms with Gasteiger partial charge in [0.15, 0.2) is 0 Å². The van der Waals surface area contributed by atoms with Crippen molar-refractivity contribution in [2.45, 2.75) is 18.4 Å². The molecule has 8 heteroatoms. The fourth-order valence-electron chi connectivity index (χ4n) is 4.27. The Labute approximate surface area is 163 Å². The van der Waals surface area contributed by atoms with Crippen LogP contribution >= 0.6 is 0 Å². The third-order valence-corrected chi connectivity index (χ3v) is 5.82. The van der Waals surface area contributed by atoms with Crippen LogP contribution in [-0.4, -0.2) is 59.2 Å². The largest absolute Gasteiger partial charge is 0.333 e. The highest BCUT2D eigenvalue weighted by Gasteiger charge is 2.42. The van der Waals surface area contributed by atoms with Crippen LogP contribution in [0.15, 0.2) is 36.7 Å². The molecule has 2 aromatic rings. The molecule has 4 rings (SSSR count). The Morgan fingerprint density at radius 2 is 2.11 bits per heavy atom. The maximum atomic E-state index is 14.1. The molecule has 1 aromatic carbocycles. The number of aromatic nitrogens is 2. The minimum atomic E-state index is -0.567. The van der Waals surface area contributed by atoms with Crippen molar-refractivity contribution in [1.29, 1.82) is 0 Å². The van der Waals surface area contributed by atoms with Gasteiger partial charge in [-0.3, -0.25) is 14.3 Å². The van der Waals surface area contributed by atoms with Crippen LogP contribution in [0, 0.1) is 11.7 Å². The van der Waals surface area contributed by atoms with Crippen molar-refractivity contribution in [1.82, 2.24) is 20.0 Å². The van der Waals surface area contributed by atoms with E-state index in [1.165, 1.54) is 11.0 Å². The summed E-state index contributed by atoms with van der Waals surface area (Å²) in [6.45, 7) is 1.67. The molecule has 0 bridgehead atoms. The molecule has 0 aliphatic carbocycles. The third-order valence-electron chi connectivity index (χ3n) is 5.82. The Hall–Kier alpha value is -2.74. The van der Waals surface area contributed by atoms with E-state index in [0.29, 0.717) is 26.1 Å². The van der Waals surface area contributed by atoms with E-state index in [9.17, 15) is 14.0 Å². The summed E-state index contributed by atoms with van der Waals surface area (Å²) in [5.41, 5.74) is 1.29. The van der Waals surface area contributed by atoms with E-state index in [2.05, 4.69) is 10.4 Å². The first-order valence-electron chi connectivity index (χ1n) is 9.49. The number of rotatable bonds is 4. The first-order chi connectivity index (χ1) is 13.5. The fourth-order valence-corrected chi connectivity index (χ4v) is 4.27. The highest BCUT2D eigenvalue weighted by atomic mass is 19.1. The second-order valence-electron chi connectivity index (χ2n) is 7.51. The van der Waals surface area contributed by atoms with Gasteiger partial charge in [-0.05, 0) is 24.1 Å². The van der Waals surface area contributed by atoms with E-state index in [1.54, 1.807) is 41.0 Å². The van der Waals surface area contributed by atoms with Crippen molar-refractivity contribution in [3.63, 3.8) is 0 Å². The fraction of sp³-hybridized carbons (Fsp3) is 0.450. The van der Waals surface area contributed by atoms with Crippen LogP contribution in [0.3, 0.4) is 0 Å².